The van der Waals surface area contributed by atoms with Crippen molar-refractivity contribution < 1.29 is 0 Å². The van der Waals surface area contributed by atoms with Gasteiger partial charge in [-0.2, -0.15) is 0 Å². The molecule has 0 N–H and O–H groups in total. The fourth-order valence-corrected chi connectivity index (χ4v) is 2.15. The Morgan fingerprint density at radius 3 is 2.62 bits per heavy atom. The lowest BCUT2D eigenvalue weighted by Crippen LogP contribution is -2.09. The highest BCUT2D eigenvalue weighted by Gasteiger charge is 2.16. The predicted octanol–water partition coefficient (Wildman–Crippen LogP) is 3.73. The van der Waals surface area contributed by atoms with Gasteiger partial charge in [-0.1, -0.05) is 42.5 Å². The quantitative estimate of drug-likeness (QED) is 0.470. The number of benzene rings is 1. The van der Waals surface area contributed by atoms with Crippen LogP contribution in [0.4, 0.5) is 0 Å². The number of allylic oxidation sites excluding steroid dienone is 2. The highest BCUT2D eigenvalue weighted by atomic mass is 35.5. The Morgan fingerprint density at radius 2 is 1.92 bits per heavy atom. The van der Waals surface area contributed by atoms with Gasteiger partial charge in [0.15, 0.2) is 0 Å². The van der Waals surface area contributed by atoms with E-state index >= 15 is 0 Å². The maximum Gasteiger partial charge on any atom is 0.0521 e. The first kappa shape index (κ1) is 8.83. The van der Waals surface area contributed by atoms with E-state index in [2.05, 4.69) is 42.5 Å². The van der Waals surface area contributed by atoms with Gasteiger partial charge >= 0.3 is 0 Å². The lowest BCUT2D eigenvalue weighted by molar-refractivity contribution is 0.621. The second kappa shape index (κ2) is 3.97. The Hall–Kier alpha value is -0.750. The van der Waals surface area contributed by atoms with E-state index in [1.165, 1.54) is 5.56 Å². The molecule has 13 heavy (non-hydrogen) atoms. The van der Waals surface area contributed by atoms with Crippen LogP contribution in [0.15, 0.2) is 42.5 Å². The number of hydrogen-bond acceptors (Lipinski definition) is 0. The van der Waals surface area contributed by atoms with E-state index < -0.39 is 0 Å². The number of hydrogen-bond donors (Lipinski definition) is 0. The van der Waals surface area contributed by atoms with Gasteiger partial charge in [-0.05, 0) is 24.3 Å². The summed E-state index contributed by atoms with van der Waals surface area (Å²) in [4.78, 5) is 0. The minimum Gasteiger partial charge on any atom is -0.118 e. The van der Waals surface area contributed by atoms with E-state index in [0.717, 1.165) is 12.8 Å². The Kier molecular flexibility index (Phi) is 2.70. The summed E-state index contributed by atoms with van der Waals surface area (Å²) in [5.41, 5.74) is 1.41. The molecular weight excluding hydrogens is 180 g/mol. The first-order valence-electron chi connectivity index (χ1n) is 4.72. The molecule has 68 valence electrons. The minimum atomic E-state index is 0.221. The van der Waals surface area contributed by atoms with Crippen LogP contribution in [0, 0.1) is 0 Å². The predicted molar refractivity (Wildman–Crippen MR) is 57.2 cm³/mol. The van der Waals surface area contributed by atoms with E-state index in [1.807, 2.05) is 0 Å². The van der Waals surface area contributed by atoms with Crippen LogP contribution in [0.2, 0.25) is 0 Å². The standard InChI is InChI=1S/C12H13Cl/c13-12-8-4-7-11(9-12)10-5-2-1-3-6-10/h1-6,8,11-12H,7,9H2/t11?,12-/m1/s1. The van der Waals surface area contributed by atoms with Gasteiger partial charge in [-0.3, -0.25) is 0 Å². The molecular formula is C12H13Cl. The summed E-state index contributed by atoms with van der Waals surface area (Å²) in [6.07, 6.45) is 6.50. The smallest absolute Gasteiger partial charge is 0.0521 e. The van der Waals surface area contributed by atoms with Gasteiger partial charge in [-0.25, -0.2) is 0 Å². The fourth-order valence-electron chi connectivity index (χ4n) is 1.83. The molecule has 0 spiro atoms. The Balaban J connectivity index is 2.15. The first-order chi connectivity index (χ1) is 6.36. The number of halogens is 1. The van der Waals surface area contributed by atoms with Gasteiger partial charge in [-0.15, -0.1) is 11.6 Å². The zero-order valence-corrected chi connectivity index (χ0v) is 8.24. The number of rotatable bonds is 1. The lowest BCUT2D eigenvalue weighted by Gasteiger charge is -2.21. The molecule has 0 saturated heterocycles. The van der Waals surface area contributed by atoms with Crippen LogP contribution in [0.5, 0.6) is 0 Å². The van der Waals surface area contributed by atoms with Gasteiger partial charge in [0.05, 0.1) is 5.38 Å². The Bertz CT molecular complexity index is 289. The molecule has 0 aliphatic heterocycles. The molecule has 0 heterocycles. The summed E-state index contributed by atoms with van der Waals surface area (Å²) in [6.45, 7) is 0. The molecule has 2 rings (SSSR count). The molecule has 0 saturated carbocycles. The van der Waals surface area contributed by atoms with Gasteiger partial charge < -0.3 is 0 Å². The third kappa shape index (κ3) is 2.13. The zero-order valence-electron chi connectivity index (χ0n) is 7.49. The topological polar surface area (TPSA) is 0 Å². The van der Waals surface area contributed by atoms with Gasteiger partial charge in [0, 0.05) is 0 Å². The lowest BCUT2D eigenvalue weighted by atomic mass is 9.88. The molecule has 1 aliphatic rings. The zero-order chi connectivity index (χ0) is 9.10. The molecule has 0 nitrogen and oxygen atoms in total. The van der Waals surface area contributed by atoms with Gasteiger partial charge in [0.25, 0.3) is 0 Å². The Labute approximate surface area is 84.2 Å². The normalized spacial score (nSPS) is 27.5. The van der Waals surface area contributed by atoms with Gasteiger partial charge in [0.2, 0.25) is 0 Å². The van der Waals surface area contributed by atoms with E-state index in [9.17, 15) is 0 Å². The minimum absolute atomic E-state index is 0.221. The van der Waals surface area contributed by atoms with Crippen LogP contribution in [-0.2, 0) is 0 Å². The van der Waals surface area contributed by atoms with Crippen molar-refractivity contribution in [2.75, 3.05) is 0 Å². The van der Waals surface area contributed by atoms with Crippen LogP contribution >= 0.6 is 11.6 Å². The van der Waals surface area contributed by atoms with Crippen LogP contribution in [0.25, 0.3) is 0 Å². The molecule has 1 aromatic carbocycles. The van der Waals surface area contributed by atoms with E-state index in [-0.39, 0.29) is 5.38 Å². The summed E-state index contributed by atoms with van der Waals surface area (Å²) in [5.74, 6) is 0.619. The molecule has 1 unspecified atom stereocenters. The van der Waals surface area contributed by atoms with Crippen molar-refractivity contribution in [1.29, 1.82) is 0 Å². The van der Waals surface area contributed by atoms with Crippen molar-refractivity contribution in [3.05, 3.63) is 48.0 Å². The molecule has 0 aromatic heterocycles. The van der Waals surface area contributed by atoms with Gasteiger partial charge in [0.1, 0.15) is 0 Å². The molecule has 0 fully saturated rings. The SMILES string of the molecule is Cl[C@@H]1C=CCC(c2ccccc2)C1. The van der Waals surface area contributed by atoms with Crippen LogP contribution in [-0.4, -0.2) is 5.38 Å². The van der Waals surface area contributed by atoms with Crippen LogP contribution in [0.1, 0.15) is 24.3 Å². The van der Waals surface area contributed by atoms with E-state index in [1.54, 1.807) is 0 Å². The van der Waals surface area contributed by atoms with Crippen LogP contribution < -0.4 is 0 Å². The molecule has 1 aromatic rings. The molecule has 0 radical (unpaired) electrons. The van der Waals surface area contributed by atoms with E-state index in [0.29, 0.717) is 5.92 Å². The monoisotopic (exact) mass is 192 g/mol. The second-order valence-corrected chi connectivity index (χ2v) is 4.08. The average molecular weight is 193 g/mol. The van der Waals surface area contributed by atoms with Crippen molar-refractivity contribution in [3.8, 4) is 0 Å². The fraction of sp³-hybridized carbons (Fsp3) is 0.333. The first-order valence-corrected chi connectivity index (χ1v) is 5.15. The second-order valence-electron chi connectivity index (χ2n) is 3.52. The highest BCUT2D eigenvalue weighted by Crippen LogP contribution is 2.30. The van der Waals surface area contributed by atoms with Crippen molar-refractivity contribution in [1.82, 2.24) is 0 Å². The molecule has 1 aliphatic carbocycles. The maximum atomic E-state index is 6.07. The third-order valence-corrected chi connectivity index (χ3v) is 2.87. The van der Waals surface area contributed by atoms with Crippen LogP contribution in [0.3, 0.4) is 0 Å². The summed E-state index contributed by atoms with van der Waals surface area (Å²) >= 11 is 6.07. The van der Waals surface area contributed by atoms with Crippen molar-refractivity contribution >= 4 is 11.6 Å². The summed E-state index contributed by atoms with van der Waals surface area (Å²) in [5, 5.41) is 0.221. The maximum absolute atomic E-state index is 6.07. The highest BCUT2D eigenvalue weighted by molar-refractivity contribution is 6.21. The average Bonchev–Trinajstić information content (AvgIpc) is 2.19. The molecule has 2 atom stereocenters. The van der Waals surface area contributed by atoms with Crippen molar-refractivity contribution in [3.63, 3.8) is 0 Å². The summed E-state index contributed by atoms with van der Waals surface area (Å²) in [7, 11) is 0. The summed E-state index contributed by atoms with van der Waals surface area (Å²) in [6, 6.07) is 10.6. The molecule has 0 bridgehead atoms. The third-order valence-electron chi connectivity index (χ3n) is 2.55. The summed E-state index contributed by atoms with van der Waals surface area (Å²) < 4.78 is 0. The molecule has 0 amide bonds. The largest absolute Gasteiger partial charge is 0.118 e. The Morgan fingerprint density at radius 1 is 1.15 bits per heavy atom. The van der Waals surface area contributed by atoms with Crippen molar-refractivity contribution in [2.24, 2.45) is 0 Å². The molecule has 1 heteroatoms. The van der Waals surface area contributed by atoms with Crippen molar-refractivity contribution in [2.45, 2.75) is 24.1 Å². The van der Waals surface area contributed by atoms with E-state index in [4.69, 9.17) is 11.6 Å². The number of alkyl halides is 1.